The summed E-state index contributed by atoms with van der Waals surface area (Å²) in [6.45, 7) is 11.0. The Morgan fingerprint density at radius 2 is 1.84 bits per heavy atom. The number of piperazine rings is 1. The highest BCUT2D eigenvalue weighted by Gasteiger charge is 2.44. The van der Waals surface area contributed by atoms with E-state index in [9.17, 15) is 4.79 Å². The molecule has 0 aliphatic carbocycles. The number of aryl methyl sites for hydroxylation is 1. The first-order valence-corrected chi connectivity index (χ1v) is 6.96. The van der Waals surface area contributed by atoms with Crippen LogP contribution in [0.15, 0.2) is 24.3 Å². The van der Waals surface area contributed by atoms with Gasteiger partial charge in [0, 0.05) is 17.8 Å². The van der Waals surface area contributed by atoms with Gasteiger partial charge >= 0.3 is 0 Å². The second-order valence-electron chi connectivity index (χ2n) is 6.51. The summed E-state index contributed by atoms with van der Waals surface area (Å²) in [5.74, 6) is 0.146. The topological polar surface area (TPSA) is 32.3 Å². The average molecular weight is 260 g/mol. The zero-order valence-electron chi connectivity index (χ0n) is 12.6. The predicted molar refractivity (Wildman–Crippen MR) is 79.5 cm³/mol. The van der Waals surface area contributed by atoms with Gasteiger partial charge < -0.3 is 4.90 Å². The quantitative estimate of drug-likeness (QED) is 0.886. The molecular formula is C16H24N2O. The molecule has 1 aliphatic rings. The first-order valence-electron chi connectivity index (χ1n) is 6.96. The summed E-state index contributed by atoms with van der Waals surface area (Å²) in [7, 11) is 0. The number of amides is 1. The second kappa shape index (κ2) is 4.64. The van der Waals surface area contributed by atoms with Crippen molar-refractivity contribution in [3.05, 3.63) is 29.8 Å². The molecule has 1 heterocycles. The Morgan fingerprint density at radius 1 is 1.21 bits per heavy atom. The maximum atomic E-state index is 12.7. The number of carbonyl (C=O) groups is 1. The highest BCUT2D eigenvalue weighted by Crippen LogP contribution is 2.29. The molecule has 2 rings (SSSR count). The maximum Gasteiger partial charge on any atom is 0.246 e. The number of benzene rings is 1. The highest BCUT2D eigenvalue weighted by atomic mass is 16.2. The lowest BCUT2D eigenvalue weighted by atomic mass is 9.89. The van der Waals surface area contributed by atoms with E-state index in [0.717, 1.165) is 12.1 Å². The molecule has 0 bridgehead atoms. The van der Waals surface area contributed by atoms with Gasteiger partial charge in [0.15, 0.2) is 0 Å². The third-order valence-electron chi connectivity index (χ3n) is 3.65. The van der Waals surface area contributed by atoms with Gasteiger partial charge in [-0.15, -0.1) is 0 Å². The predicted octanol–water partition coefficient (Wildman–Crippen LogP) is 2.74. The van der Waals surface area contributed by atoms with Crippen LogP contribution in [-0.2, 0) is 11.2 Å². The fourth-order valence-electron chi connectivity index (χ4n) is 3.01. The van der Waals surface area contributed by atoms with Crippen LogP contribution in [0.3, 0.4) is 0 Å². The van der Waals surface area contributed by atoms with Crippen molar-refractivity contribution in [2.75, 3.05) is 11.4 Å². The summed E-state index contributed by atoms with van der Waals surface area (Å²) >= 11 is 0. The standard InChI is InChI=1S/C16H24N2O/c1-6-12-9-7-8-10-13(12)18-11-15(2,3)17-16(4,5)14(18)19/h7-10,17H,6,11H2,1-5H3. The van der Waals surface area contributed by atoms with Gasteiger partial charge in [-0.1, -0.05) is 25.1 Å². The van der Waals surface area contributed by atoms with Gasteiger partial charge in [-0.05, 0) is 45.7 Å². The molecule has 0 unspecified atom stereocenters. The van der Waals surface area contributed by atoms with Crippen molar-refractivity contribution >= 4 is 11.6 Å². The molecular weight excluding hydrogens is 236 g/mol. The smallest absolute Gasteiger partial charge is 0.246 e. The van der Waals surface area contributed by atoms with E-state index in [-0.39, 0.29) is 11.4 Å². The number of hydrogen-bond donors (Lipinski definition) is 1. The SMILES string of the molecule is CCc1ccccc1N1CC(C)(C)NC(C)(C)C1=O. The van der Waals surface area contributed by atoms with Crippen LogP contribution < -0.4 is 10.2 Å². The van der Waals surface area contributed by atoms with Gasteiger partial charge in [0.25, 0.3) is 0 Å². The Kier molecular flexibility index (Phi) is 3.43. The molecule has 0 radical (unpaired) electrons. The third kappa shape index (κ3) is 2.66. The number of para-hydroxylation sites is 1. The lowest BCUT2D eigenvalue weighted by molar-refractivity contribution is -0.126. The molecule has 0 aromatic heterocycles. The Hall–Kier alpha value is -1.35. The van der Waals surface area contributed by atoms with Gasteiger partial charge in [-0.3, -0.25) is 10.1 Å². The molecule has 19 heavy (non-hydrogen) atoms. The monoisotopic (exact) mass is 260 g/mol. The second-order valence-corrected chi connectivity index (χ2v) is 6.51. The van der Waals surface area contributed by atoms with E-state index in [4.69, 9.17) is 0 Å². The molecule has 0 saturated carbocycles. The zero-order valence-corrected chi connectivity index (χ0v) is 12.6. The number of carbonyl (C=O) groups excluding carboxylic acids is 1. The summed E-state index contributed by atoms with van der Waals surface area (Å²) in [6.07, 6.45) is 0.939. The van der Waals surface area contributed by atoms with E-state index in [1.165, 1.54) is 5.56 Å². The number of nitrogens with one attached hydrogen (secondary N) is 1. The molecule has 3 nitrogen and oxygen atoms in total. The van der Waals surface area contributed by atoms with E-state index in [0.29, 0.717) is 6.54 Å². The fourth-order valence-corrected chi connectivity index (χ4v) is 3.01. The molecule has 3 heteroatoms. The minimum Gasteiger partial charge on any atom is -0.309 e. The van der Waals surface area contributed by atoms with Gasteiger partial charge in [-0.2, -0.15) is 0 Å². The lowest BCUT2D eigenvalue weighted by Gasteiger charge is -2.47. The van der Waals surface area contributed by atoms with Crippen molar-refractivity contribution in [1.29, 1.82) is 0 Å². The summed E-state index contributed by atoms with van der Waals surface area (Å²) in [6, 6.07) is 8.19. The van der Waals surface area contributed by atoms with Gasteiger partial charge in [0.1, 0.15) is 0 Å². The van der Waals surface area contributed by atoms with Gasteiger partial charge in [0.2, 0.25) is 5.91 Å². The Morgan fingerprint density at radius 3 is 2.47 bits per heavy atom. The molecule has 1 aliphatic heterocycles. The van der Waals surface area contributed by atoms with E-state index in [1.807, 2.05) is 36.9 Å². The van der Waals surface area contributed by atoms with Crippen molar-refractivity contribution in [3.63, 3.8) is 0 Å². The molecule has 0 atom stereocenters. The Labute approximate surface area is 116 Å². The summed E-state index contributed by atoms with van der Waals surface area (Å²) in [4.78, 5) is 14.6. The van der Waals surface area contributed by atoms with E-state index < -0.39 is 5.54 Å². The number of hydrogen-bond acceptors (Lipinski definition) is 2. The van der Waals surface area contributed by atoms with Crippen molar-refractivity contribution in [3.8, 4) is 0 Å². The summed E-state index contributed by atoms with van der Waals surface area (Å²) < 4.78 is 0. The molecule has 1 N–H and O–H groups in total. The molecule has 1 saturated heterocycles. The van der Waals surface area contributed by atoms with Crippen LogP contribution in [0.25, 0.3) is 0 Å². The lowest BCUT2D eigenvalue weighted by Crippen LogP contribution is -2.70. The van der Waals surface area contributed by atoms with E-state index >= 15 is 0 Å². The van der Waals surface area contributed by atoms with Crippen LogP contribution in [0.5, 0.6) is 0 Å². The minimum atomic E-state index is -0.525. The van der Waals surface area contributed by atoms with E-state index in [2.05, 4.69) is 32.2 Å². The Bertz CT molecular complexity index is 491. The average Bonchev–Trinajstić information content (AvgIpc) is 2.32. The largest absolute Gasteiger partial charge is 0.309 e. The maximum absolute atomic E-state index is 12.7. The minimum absolute atomic E-state index is 0.0851. The third-order valence-corrected chi connectivity index (χ3v) is 3.65. The molecule has 104 valence electrons. The summed E-state index contributed by atoms with van der Waals surface area (Å²) in [5, 5.41) is 3.43. The van der Waals surface area contributed by atoms with Crippen LogP contribution >= 0.6 is 0 Å². The van der Waals surface area contributed by atoms with Crippen LogP contribution in [0.1, 0.15) is 40.2 Å². The molecule has 0 spiro atoms. The van der Waals surface area contributed by atoms with Crippen LogP contribution in [0, 0.1) is 0 Å². The van der Waals surface area contributed by atoms with Crippen LogP contribution in [0.4, 0.5) is 5.69 Å². The van der Waals surface area contributed by atoms with Gasteiger partial charge in [-0.25, -0.2) is 0 Å². The molecule has 1 aromatic rings. The van der Waals surface area contributed by atoms with Crippen molar-refractivity contribution in [2.45, 2.75) is 52.1 Å². The van der Waals surface area contributed by atoms with Crippen LogP contribution in [-0.4, -0.2) is 23.5 Å². The zero-order chi connectivity index (χ0) is 14.3. The first-order chi connectivity index (χ1) is 8.77. The molecule has 1 amide bonds. The van der Waals surface area contributed by atoms with Crippen molar-refractivity contribution < 1.29 is 4.79 Å². The number of anilines is 1. The molecule has 1 fully saturated rings. The number of rotatable bonds is 2. The summed E-state index contributed by atoms with van der Waals surface area (Å²) in [5.41, 5.74) is 1.67. The number of nitrogens with zero attached hydrogens (tertiary/aromatic N) is 1. The van der Waals surface area contributed by atoms with Gasteiger partial charge in [0.05, 0.1) is 5.54 Å². The first kappa shape index (κ1) is 14.1. The van der Waals surface area contributed by atoms with Crippen molar-refractivity contribution in [1.82, 2.24) is 5.32 Å². The fraction of sp³-hybridized carbons (Fsp3) is 0.562. The van der Waals surface area contributed by atoms with Crippen LogP contribution in [0.2, 0.25) is 0 Å². The normalized spacial score (nSPS) is 21.5. The highest BCUT2D eigenvalue weighted by molar-refractivity contribution is 6.01. The van der Waals surface area contributed by atoms with E-state index in [1.54, 1.807) is 0 Å². The molecule has 1 aromatic carbocycles. The van der Waals surface area contributed by atoms with Crippen molar-refractivity contribution in [2.24, 2.45) is 0 Å². The Balaban J connectivity index is 2.45.